The van der Waals surface area contributed by atoms with E-state index in [4.69, 9.17) is 16.3 Å². The molecule has 0 radical (unpaired) electrons. The van der Waals surface area contributed by atoms with Gasteiger partial charge in [-0.25, -0.2) is 0 Å². The molecule has 0 saturated heterocycles. The molecule has 0 aliphatic carbocycles. The highest BCUT2D eigenvalue weighted by Gasteiger charge is 2.19. The Morgan fingerprint density at radius 2 is 1.52 bits per heavy atom. The SMILES string of the molecule is CCCCCCCSc1ccc(-c2ccc(OC(=O)[C@@H](Cl)CC(C)C)cc2)cc1. The molecule has 0 aromatic heterocycles. The third-order valence-corrected chi connectivity index (χ3v) is 6.17. The van der Waals surface area contributed by atoms with E-state index in [1.165, 1.54) is 42.8 Å². The van der Waals surface area contributed by atoms with Crippen molar-refractivity contribution in [3.8, 4) is 16.9 Å². The van der Waals surface area contributed by atoms with Gasteiger partial charge in [-0.05, 0) is 59.9 Å². The molecular formula is C25H33ClO2S. The van der Waals surface area contributed by atoms with Gasteiger partial charge in [0.2, 0.25) is 0 Å². The van der Waals surface area contributed by atoms with E-state index < -0.39 is 5.38 Å². The molecule has 2 aromatic rings. The Bertz CT molecular complexity index is 725. The number of carbonyl (C=O) groups is 1. The zero-order valence-electron chi connectivity index (χ0n) is 17.8. The van der Waals surface area contributed by atoms with Crippen LogP contribution in [0.5, 0.6) is 5.75 Å². The normalized spacial score (nSPS) is 12.2. The molecule has 0 N–H and O–H groups in total. The zero-order chi connectivity index (χ0) is 21.1. The third kappa shape index (κ3) is 8.84. The highest BCUT2D eigenvalue weighted by Crippen LogP contribution is 2.27. The Labute approximate surface area is 185 Å². The van der Waals surface area contributed by atoms with E-state index in [-0.39, 0.29) is 5.97 Å². The number of carbonyl (C=O) groups excluding carboxylic acids is 1. The monoisotopic (exact) mass is 432 g/mol. The second-order valence-electron chi connectivity index (χ2n) is 7.83. The molecule has 0 aliphatic heterocycles. The molecule has 29 heavy (non-hydrogen) atoms. The van der Waals surface area contributed by atoms with Crippen LogP contribution < -0.4 is 4.74 Å². The Hall–Kier alpha value is -1.45. The van der Waals surface area contributed by atoms with Crippen LogP contribution in [0.25, 0.3) is 11.1 Å². The molecule has 0 fully saturated rings. The number of esters is 1. The molecular weight excluding hydrogens is 400 g/mol. The first-order valence-electron chi connectivity index (χ1n) is 10.7. The van der Waals surface area contributed by atoms with Gasteiger partial charge in [-0.2, -0.15) is 0 Å². The van der Waals surface area contributed by atoms with Crippen molar-refractivity contribution in [1.82, 2.24) is 0 Å². The van der Waals surface area contributed by atoms with Crippen LogP contribution in [0, 0.1) is 5.92 Å². The van der Waals surface area contributed by atoms with Crippen molar-refractivity contribution >= 4 is 29.3 Å². The maximum absolute atomic E-state index is 12.0. The predicted octanol–water partition coefficient (Wildman–Crippen LogP) is 7.98. The van der Waals surface area contributed by atoms with Crippen LogP contribution in [-0.4, -0.2) is 17.1 Å². The van der Waals surface area contributed by atoms with Gasteiger partial charge >= 0.3 is 5.97 Å². The Balaban J connectivity index is 1.84. The largest absolute Gasteiger partial charge is 0.425 e. The van der Waals surface area contributed by atoms with Crippen LogP contribution in [0.3, 0.4) is 0 Å². The summed E-state index contributed by atoms with van der Waals surface area (Å²) in [6, 6.07) is 16.3. The van der Waals surface area contributed by atoms with Crippen molar-refractivity contribution in [2.45, 2.75) is 69.6 Å². The fraction of sp³-hybridized carbons (Fsp3) is 0.480. The molecule has 0 unspecified atom stereocenters. The van der Waals surface area contributed by atoms with Gasteiger partial charge in [-0.1, -0.05) is 70.7 Å². The van der Waals surface area contributed by atoms with Gasteiger partial charge < -0.3 is 4.74 Å². The smallest absolute Gasteiger partial charge is 0.329 e. The first-order valence-corrected chi connectivity index (χ1v) is 12.1. The second-order valence-corrected chi connectivity index (χ2v) is 9.52. The number of halogens is 1. The molecule has 2 nitrogen and oxygen atoms in total. The third-order valence-electron chi connectivity index (χ3n) is 4.71. The van der Waals surface area contributed by atoms with Gasteiger partial charge in [0.05, 0.1) is 0 Å². The van der Waals surface area contributed by atoms with Crippen molar-refractivity contribution < 1.29 is 9.53 Å². The van der Waals surface area contributed by atoms with Gasteiger partial charge in [0.15, 0.2) is 0 Å². The molecule has 1 atom stereocenters. The molecule has 4 heteroatoms. The van der Waals surface area contributed by atoms with Gasteiger partial charge in [0, 0.05) is 4.90 Å². The number of alkyl halides is 1. The van der Waals surface area contributed by atoms with Gasteiger partial charge in [-0.3, -0.25) is 4.79 Å². The number of ether oxygens (including phenoxy) is 1. The summed E-state index contributed by atoms with van der Waals surface area (Å²) in [7, 11) is 0. The summed E-state index contributed by atoms with van der Waals surface area (Å²) in [4.78, 5) is 13.4. The number of hydrogen-bond acceptors (Lipinski definition) is 3. The lowest BCUT2D eigenvalue weighted by Crippen LogP contribution is -2.22. The molecule has 0 aliphatic rings. The quantitative estimate of drug-likeness (QED) is 0.112. The topological polar surface area (TPSA) is 26.3 Å². The molecule has 158 valence electrons. The minimum absolute atomic E-state index is 0.356. The Morgan fingerprint density at radius 3 is 2.10 bits per heavy atom. The summed E-state index contributed by atoms with van der Waals surface area (Å²) in [6.07, 6.45) is 7.22. The van der Waals surface area contributed by atoms with Crippen molar-refractivity contribution in [3.63, 3.8) is 0 Å². The van der Waals surface area contributed by atoms with E-state index in [9.17, 15) is 4.79 Å². The highest BCUT2D eigenvalue weighted by molar-refractivity contribution is 7.99. The molecule has 0 amide bonds. The van der Waals surface area contributed by atoms with E-state index >= 15 is 0 Å². The first kappa shape index (κ1) is 23.8. The van der Waals surface area contributed by atoms with Crippen LogP contribution in [0.2, 0.25) is 0 Å². The maximum atomic E-state index is 12.0. The molecule has 0 heterocycles. The maximum Gasteiger partial charge on any atom is 0.329 e. The van der Waals surface area contributed by atoms with Crippen LogP contribution >= 0.6 is 23.4 Å². The number of unbranched alkanes of at least 4 members (excludes halogenated alkanes) is 4. The number of thioether (sulfide) groups is 1. The van der Waals surface area contributed by atoms with Gasteiger partial charge in [0.25, 0.3) is 0 Å². The van der Waals surface area contributed by atoms with Crippen molar-refractivity contribution in [2.75, 3.05) is 5.75 Å². The minimum atomic E-state index is -0.605. The van der Waals surface area contributed by atoms with Crippen LogP contribution in [0.1, 0.15) is 59.3 Å². The Morgan fingerprint density at radius 1 is 0.931 bits per heavy atom. The first-order chi connectivity index (χ1) is 14.0. The summed E-state index contributed by atoms with van der Waals surface area (Å²) < 4.78 is 5.39. The molecule has 2 aromatic carbocycles. The van der Waals surface area contributed by atoms with Gasteiger partial charge in [0.1, 0.15) is 11.1 Å². The van der Waals surface area contributed by atoms with Crippen LogP contribution in [-0.2, 0) is 4.79 Å². The fourth-order valence-corrected chi connectivity index (χ4v) is 4.36. The average Bonchev–Trinajstić information content (AvgIpc) is 2.71. The molecule has 0 spiro atoms. The molecule has 2 rings (SSSR count). The zero-order valence-corrected chi connectivity index (χ0v) is 19.4. The summed E-state index contributed by atoms with van der Waals surface area (Å²) in [5, 5.41) is -0.605. The van der Waals surface area contributed by atoms with Crippen molar-refractivity contribution in [1.29, 1.82) is 0 Å². The highest BCUT2D eigenvalue weighted by atomic mass is 35.5. The summed E-state index contributed by atoms with van der Waals surface area (Å²) >= 11 is 8.04. The van der Waals surface area contributed by atoms with Crippen LogP contribution in [0.4, 0.5) is 0 Å². The van der Waals surface area contributed by atoms with E-state index in [0.717, 1.165) is 11.1 Å². The number of hydrogen-bond donors (Lipinski definition) is 0. The van der Waals surface area contributed by atoms with E-state index in [1.807, 2.05) is 49.9 Å². The lowest BCUT2D eigenvalue weighted by molar-refractivity contribution is -0.134. The second kappa shape index (κ2) is 13.0. The van der Waals surface area contributed by atoms with E-state index in [1.54, 1.807) is 0 Å². The standard InChI is InChI=1S/C25H33ClO2S/c1-4-5-6-7-8-17-29-23-15-11-21(12-16-23)20-9-13-22(14-10-20)28-25(27)24(26)18-19(2)3/h9-16,19,24H,4-8,17-18H2,1-3H3/t24-/m0/s1. The number of rotatable bonds is 12. The average molecular weight is 433 g/mol. The minimum Gasteiger partial charge on any atom is -0.425 e. The fourth-order valence-electron chi connectivity index (χ4n) is 3.04. The summed E-state index contributed by atoms with van der Waals surface area (Å²) in [6.45, 7) is 6.32. The van der Waals surface area contributed by atoms with Gasteiger partial charge in [-0.15, -0.1) is 23.4 Å². The lowest BCUT2D eigenvalue weighted by atomic mass is 10.1. The van der Waals surface area contributed by atoms with Crippen molar-refractivity contribution in [3.05, 3.63) is 48.5 Å². The summed E-state index contributed by atoms with van der Waals surface area (Å²) in [5.41, 5.74) is 2.26. The lowest BCUT2D eigenvalue weighted by Gasteiger charge is -2.12. The number of benzene rings is 2. The molecule has 0 saturated carbocycles. The predicted molar refractivity (Wildman–Crippen MR) is 126 cm³/mol. The van der Waals surface area contributed by atoms with E-state index in [2.05, 4.69) is 31.2 Å². The van der Waals surface area contributed by atoms with Crippen LogP contribution in [0.15, 0.2) is 53.4 Å². The Kier molecular flexibility index (Phi) is 10.7. The van der Waals surface area contributed by atoms with Crippen molar-refractivity contribution in [2.24, 2.45) is 5.92 Å². The molecule has 0 bridgehead atoms. The summed E-state index contributed by atoms with van der Waals surface area (Å²) in [5.74, 6) is 1.68. The van der Waals surface area contributed by atoms with E-state index in [0.29, 0.717) is 18.1 Å².